The van der Waals surface area contributed by atoms with Crippen molar-refractivity contribution < 1.29 is 0 Å². The van der Waals surface area contributed by atoms with Gasteiger partial charge in [0.2, 0.25) is 0 Å². The van der Waals surface area contributed by atoms with Crippen molar-refractivity contribution in [2.45, 2.75) is 10.9 Å². The van der Waals surface area contributed by atoms with Gasteiger partial charge in [-0.2, -0.15) is 0 Å². The molecule has 0 saturated heterocycles. The smallest absolute Gasteiger partial charge is 0.168 e. The summed E-state index contributed by atoms with van der Waals surface area (Å²) in [5.41, 5.74) is 0. The number of rotatable bonds is 3. The number of thioether (sulfide) groups is 1. The molecule has 5 heteroatoms. The Kier molecular flexibility index (Phi) is 2.65. The number of nitrogens with zero attached hydrogens (tertiary/aromatic N) is 3. The molecule has 0 aliphatic heterocycles. The van der Waals surface area contributed by atoms with Crippen molar-refractivity contribution >= 4 is 23.1 Å². The van der Waals surface area contributed by atoms with Crippen molar-refractivity contribution in [1.29, 1.82) is 0 Å². The third kappa shape index (κ3) is 2.10. The van der Waals surface area contributed by atoms with Gasteiger partial charge in [0.15, 0.2) is 5.16 Å². The van der Waals surface area contributed by atoms with E-state index in [-0.39, 0.29) is 0 Å². The molecule has 0 spiro atoms. The fourth-order valence-corrected chi connectivity index (χ4v) is 2.52. The first-order chi connectivity index (χ1) is 6.36. The second-order valence-electron chi connectivity index (χ2n) is 2.54. The zero-order valence-corrected chi connectivity index (χ0v) is 8.81. The van der Waals surface area contributed by atoms with Gasteiger partial charge in [0.25, 0.3) is 0 Å². The van der Waals surface area contributed by atoms with Crippen LogP contribution in [-0.4, -0.2) is 14.5 Å². The molecule has 0 aliphatic rings. The van der Waals surface area contributed by atoms with Gasteiger partial charge in [0, 0.05) is 31.0 Å². The maximum atomic E-state index is 4.22. The van der Waals surface area contributed by atoms with Crippen LogP contribution in [0.5, 0.6) is 0 Å². The molecule has 2 aromatic heterocycles. The van der Waals surface area contributed by atoms with Crippen LogP contribution >= 0.6 is 23.1 Å². The predicted octanol–water partition coefficient (Wildman–Crippen LogP) is 2.17. The summed E-state index contributed by atoms with van der Waals surface area (Å²) < 4.78 is 2.01. The minimum atomic E-state index is 0.905. The molecule has 0 radical (unpaired) electrons. The maximum Gasteiger partial charge on any atom is 0.168 e. The zero-order valence-electron chi connectivity index (χ0n) is 7.17. The minimum Gasteiger partial charge on any atom is -0.329 e. The molecule has 0 aliphatic carbocycles. The van der Waals surface area contributed by atoms with Crippen molar-refractivity contribution in [3.05, 3.63) is 29.0 Å². The predicted molar refractivity (Wildman–Crippen MR) is 54.9 cm³/mol. The van der Waals surface area contributed by atoms with Crippen LogP contribution in [0.2, 0.25) is 0 Å². The van der Waals surface area contributed by atoms with Crippen molar-refractivity contribution in [2.75, 3.05) is 0 Å². The van der Waals surface area contributed by atoms with Gasteiger partial charge < -0.3 is 4.57 Å². The van der Waals surface area contributed by atoms with Gasteiger partial charge in [0.1, 0.15) is 5.01 Å². The minimum absolute atomic E-state index is 0.905. The molecule has 13 heavy (non-hydrogen) atoms. The third-order valence-corrected chi connectivity index (χ3v) is 3.62. The highest BCUT2D eigenvalue weighted by molar-refractivity contribution is 7.98. The van der Waals surface area contributed by atoms with E-state index in [0.717, 1.165) is 15.9 Å². The van der Waals surface area contributed by atoms with Crippen LogP contribution in [-0.2, 0) is 12.8 Å². The monoisotopic (exact) mass is 211 g/mol. The topological polar surface area (TPSA) is 30.7 Å². The number of thiazole rings is 1. The lowest BCUT2D eigenvalue weighted by molar-refractivity contribution is 0.790. The van der Waals surface area contributed by atoms with Crippen LogP contribution in [0, 0.1) is 0 Å². The summed E-state index contributed by atoms with van der Waals surface area (Å²) in [4.78, 5) is 8.42. The molecule has 0 fully saturated rings. The van der Waals surface area contributed by atoms with Gasteiger partial charge in [-0.3, -0.25) is 0 Å². The van der Waals surface area contributed by atoms with Crippen molar-refractivity contribution in [2.24, 2.45) is 7.05 Å². The molecule has 0 unspecified atom stereocenters. The lowest BCUT2D eigenvalue weighted by Gasteiger charge is -1.97. The number of aromatic nitrogens is 3. The fraction of sp³-hybridized carbons (Fsp3) is 0.250. The second kappa shape index (κ2) is 3.93. The van der Waals surface area contributed by atoms with Gasteiger partial charge >= 0.3 is 0 Å². The van der Waals surface area contributed by atoms with Gasteiger partial charge in [-0.1, -0.05) is 11.8 Å². The summed E-state index contributed by atoms with van der Waals surface area (Å²) in [6.07, 6.45) is 5.59. The molecule has 0 bridgehead atoms. The first-order valence-corrected chi connectivity index (χ1v) is 5.71. The molecule has 0 N–H and O–H groups in total. The summed E-state index contributed by atoms with van der Waals surface area (Å²) in [6, 6.07) is 0. The van der Waals surface area contributed by atoms with E-state index in [4.69, 9.17) is 0 Å². The summed E-state index contributed by atoms with van der Waals surface area (Å²) in [5.74, 6) is 0.905. The van der Waals surface area contributed by atoms with Gasteiger partial charge in [-0.15, -0.1) is 11.3 Å². The summed E-state index contributed by atoms with van der Waals surface area (Å²) >= 11 is 3.39. The number of hydrogen-bond donors (Lipinski definition) is 0. The zero-order chi connectivity index (χ0) is 9.10. The van der Waals surface area contributed by atoms with Crippen LogP contribution < -0.4 is 0 Å². The molecular weight excluding hydrogens is 202 g/mol. The van der Waals surface area contributed by atoms with Crippen LogP contribution in [0.25, 0.3) is 0 Å². The molecule has 68 valence electrons. The molecule has 0 amide bonds. The Morgan fingerprint density at radius 1 is 1.46 bits per heavy atom. The Labute approximate surface area is 84.8 Å². The summed E-state index contributed by atoms with van der Waals surface area (Å²) in [5, 5.41) is 4.18. The van der Waals surface area contributed by atoms with E-state index in [9.17, 15) is 0 Å². The normalized spacial score (nSPS) is 10.5. The van der Waals surface area contributed by atoms with E-state index in [1.165, 1.54) is 0 Å². The second-order valence-corrected chi connectivity index (χ2v) is 4.46. The average Bonchev–Trinajstić information content (AvgIpc) is 2.72. The Morgan fingerprint density at radius 2 is 2.38 bits per heavy atom. The van der Waals surface area contributed by atoms with E-state index in [1.807, 2.05) is 35.6 Å². The molecule has 2 aromatic rings. The molecule has 2 rings (SSSR count). The maximum absolute atomic E-state index is 4.22. The van der Waals surface area contributed by atoms with Crippen LogP contribution in [0.1, 0.15) is 5.01 Å². The molecular formula is C8H9N3S2. The molecule has 0 atom stereocenters. The summed E-state index contributed by atoms with van der Waals surface area (Å²) in [7, 11) is 2.00. The van der Waals surface area contributed by atoms with Gasteiger partial charge in [-0.05, 0) is 0 Å². The molecule has 2 heterocycles. The van der Waals surface area contributed by atoms with Crippen LogP contribution in [0.4, 0.5) is 0 Å². The SMILES string of the molecule is Cn1ccnc1SCc1nccs1. The number of imidazole rings is 1. The average molecular weight is 211 g/mol. The third-order valence-electron chi connectivity index (χ3n) is 1.59. The first-order valence-electron chi connectivity index (χ1n) is 3.85. The Morgan fingerprint density at radius 3 is 3.00 bits per heavy atom. The Balaban J connectivity index is 1.97. The standard InChI is InChI=1S/C8H9N3S2/c1-11-4-2-10-8(11)13-6-7-9-3-5-12-7/h2-5H,6H2,1H3. The lowest BCUT2D eigenvalue weighted by Crippen LogP contribution is -1.89. The fourth-order valence-electron chi connectivity index (χ4n) is 0.942. The van der Waals surface area contributed by atoms with E-state index >= 15 is 0 Å². The molecule has 3 nitrogen and oxygen atoms in total. The Bertz CT molecular complexity index is 366. The van der Waals surface area contributed by atoms with Gasteiger partial charge in [-0.25, -0.2) is 9.97 Å². The van der Waals surface area contributed by atoms with E-state index in [2.05, 4.69) is 9.97 Å². The number of hydrogen-bond acceptors (Lipinski definition) is 4. The number of aryl methyl sites for hydroxylation is 1. The van der Waals surface area contributed by atoms with E-state index < -0.39 is 0 Å². The largest absolute Gasteiger partial charge is 0.329 e. The molecule has 0 aromatic carbocycles. The summed E-state index contributed by atoms with van der Waals surface area (Å²) in [6.45, 7) is 0. The van der Waals surface area contributed by atoms with E-state index in [0.29, 0.717) is 0 Å². The van der Waals surface area contributed by atoms with Crippen molar-refractivity contribution in [3.63, 3.8) is 0 Å². The van der Waals surface area contributed by atoms with Crippen LogP contribution in [0.3, 0.4) is 0 Å². The van der Waals surface area contributed by atoms with E-state index in [1.54, 1.807) is 23.1 Å². The Hall–Kier alpha value is -0.810. The highest BCUT2D eigenvalue weighted by Gasteiger charge is 2.01. The van der Waals surface area contributed by atoms with Crippen molar-refractivity contribution in [3.8, 4) is 0 Å². The highest BCUT2D eigenvalue weighted by atomic mass is 32.2. The quantitative estimate of drug-likeness (QED) is 0.729. The van der Waals surface area contributed by atoms with Crippen molar-refractivity contribution in [1.82, 2.24) is 14.5 Å². The molecule has 0 saturated carbocycles. The van der Waals surface area contributed by atoms with Gasteiger partial charge in [0.05, 0.1) is 5.75 Å². The first kappa shape index (κ1) is 8.77. The highest BCUT2D eigenvalue weighted by Crippen LogP contribution is 2.21. The lowest BCUT2D eigenvalue weighted by atomic mass is 10.8. The van der Waals surface area contributed by atoms with Crippen LogP contribution in [0.15, 0.2) is 29.1 Å².